The van der Waals surface area contributed by atoms with Gasteiger partial charge < -0.3 is 20.9 Å². The van der Waals surface area contributed by atoms with E-state index < -0.39 is 0 Å². The van der Waals surface area contributed by atoms with Crippen molar-refractivity contribution in [2.75, 3.05) is 12.3 Å². The molecule has 0 aliphatic heterocycles. The predicted molar refractivity (Wildman–Crippen MR) is 113 cm³/mol. The molecule has 29 heavy (non-hydrogen) atoms. The molecule has 0 fully saturated rings. The first-order valence-corrected chi connectivity index (χ1v) is 10.2. The fourth-order valence-electron chi connectivity index (χ4n) is 2.96. The van der Waals surface area contributed by atoms with Crippen LogP contribution in [0.5, 0.6) is 0 Å². The molecule has 0 bridgehead atoms. The molecule has 0 radical (unpaired) electrons. The molecule has 2 heterocycles. The molecule has 9 heteroatoms. The molecule has 0 unspecified atom stereocenters. The van der Waals surface area contributed by atoms with E-state index in [1.54, 1.807) is 6.33 Å². The van der Waals surface area contributed by atoms with Gasteiger partial charge in [-0.3, -0.25) is 9.59 Å². The van der Waals surface area contributed by atoms with Crippen molar-refractivity contribution in [3.63, 3.8) is 0 Å². The van der Waals surface area contributed by atoms with Crippen molar-refractivity contribution < 1.29 is 9.59 Å². The zero-order valence-corrected chi connectivity index (χ0v) is 17.9. The number of aromatic nitrogens is 4. The number of hydrogen-bond donors (Lipinski definition) is 3. The van der Waals surface area contributed by atoms with Crippen LogP contribution in [0, 0.1) is 0 Å². The number of carbonyl (C=O) groups is 2. The molecular formula is C20H33N7O2. The number of carbonyl (C=O) groups excluding carboxylic acids is 2. The normalized spacial score (nSPS) is 11.6. The van der Waals surface area contributed by atoms with Gasteiger partial charge in [-0.05, 0) is 33.6 Å². The Kier molecular flexibility index (Phi) is 7.92. The average Bonchev–Trinajstić information content (AvgIpc) is 3.02. The summed E-state index contributed by atoms with van der Waals surface area (Å²) in [6, 6.07) is 0. The van der Waals surface area contributed by atoms with Crippen LogP contribution in [0.3, 0.4) is 0 Å². The molecule has 2 aromatic heterocycles. The summed E-state index contributed by atoms with van der Waals surface area (Å²) in [6.45, 7) is 8.41. The van der Waals surface area contributed by atoms with E-state index in [4.69, 9.17) is 5.73 Å². The molecule has 0 spiro atoms. The smallest absolute Gasteiger partial charge is 0.239 e. The first-order valence-electron chi connectivity index (χ1n) is 10.2. The van der Waals surface area contributed by atoms with Crippen molar-refractivity contribution in [3.05, 3.63) is 12.2 Å². The van der Waals surface area contributed by atoms with Gasteiger partial charge in [0, 0.05) is 24.9 Å². The zero-order chi connectivity index (χ0) is 21.4. The topological polar surface area (TPSA) is 128 Å². The van der Waals surface area contributed by atoms with E-state index in [0.29, 0.717) is 36.4 Å². The maximum Gasteiger partial charge on any atom is 0.239 e. The number of nitrogen functional groups attached to an aromatic ring is 1. The van der Waals surface area contributed by atoms with Crippen molar-refractivity contribution >= 4 is 28.8 Å². The van der Waals surface area contributed by atoms with Crippen LogP contribution in [0.4, 0.5) is 5.82 Å². The van der Waals surface area contributed by atoms with Crippen LogP contribution in [-0.2, 0) is 22.6 Å². The summed E-state index contributed by atoms with van der Waals surface area (Å²) in [5.74, 6) is 0.762. The lowest BCUT2D eigenvalue weighted by molar-refractivity contribution is -0.126. The van der Waals surface area contributed by atoms with E-state index in [-0.39, 0.29) is 23.9 Å². The Morgan fingerprint density at radius 2 is 1.90 bits per heavy atom. The standard InChI is InChI=1S/C20H33N7O2/c1-5-6-7-9-14-24-18(21)17-19(25-14)27(13-23-17)11-8-10-15(28)22-12-16(29)26-20(2,3)4/h13H,5-12H2,1-4H3,(H,22,28)(H,26,29)(H2,21,24,25). The van der Waals surface area contributed by atoms with Crippen LogP contribution in [0.25, 0.3) is 11.2 Å². The number of hydrogen-bond acceptors (Lipinski definition) is 6. The van der Waals surface area contributed by atoms with Gasteiger partial charge in [-0.15, -0.1) is 0 Å². The fraction of sp³-hybridized carbons (Fsp3) is 0.650. The van der Waals surface area contributed by atoms with Crippen LogP contribution in [0.15, 0.2) is 6.33 Å². The van der Waals surface area contributed by atoms with E-state index in [1.165, 1.54) is 0 Å². The minimum atomic E-state index is -0.316. The summed E-state index contributed by atoms with van der Waals surface area (Å²) in [5.41, 5.74) is 7.01. The lowest BCUT2D eigenvalue weighted by Crippen LogP contribution is -2.45. The van der Waals surface area contributed by atoms with Gasteiger partial charge in [-0.1, -0.05) is 19.8 Å². The van der Waals surface area contributed by atoms with Crippen molar-refractivity contribution in [1.29, 1.82) is 0 Å². The number of aryl methyl sites for hydroxylation is 2. The minimum absolute atomic E-state index is 0.0189. The van der Waals surface area contributed by atoms with Crippen molar-refractivity contribution in [1.82, 2.24) is 30.2 Å². The molecule has 0 saturated carbocycles. The highest BCUT2D eigenvalue weighted by atomic mass is 16.2. The van der Waals surface area contributed by atoms with E-state index in [9.17, 15) is 9.59 Å². The highest BCUT2D eigenvalue weighted by molar-refractivity contribution is 5.85. The number of unbranched alkanes of at least 4 members (excludes halogenated alkanes) is 2. The zero-order valence-electron chi connectivity index (χ0n) is 17.9. The van der Waals surface area contributed by atoms with Gasteiger partial charge in [0.05, 0.1) is 12.9 Å². The van der Waals surface area contributed by atoms with Gasteiger partial charge in [0.15, 0.2) is 11.5 Å². The Morgan fingerprint density at radius 1 is 1.14 bits per heavy atom. The van der Waals surface area contributed by atoms with E-state index in [0.717, 1.165) is 31.5 Å². The van der Waals surface area contributed by atoms with E-state index in [1.807, 2.05) is 25.3 Å². The summed E-state index contributed by atoms with van der Waals surface area (Å²) in [4.78, 5) is 37.0. The third-order valence-electron chi connectivity index (χ3n) is 4.30. The lowest BCUT2D eigenvalue weighted by atomic mass is 10.1. The molecule has 0 aromatic carbocycles. The van der Waals surface area contributed by atoms with E-state index >= 15 is 0 Å². The number of amides is 2. The van der Waals surface area contributed by atoms with E-state index in [2.05, 4.69) is 32.5 Å². The van der Waals surface area contributed by atoms with Crippen LogP contribution < -0.4 is 16.4 Å². The second-order valence-electron chi connectivity index (χ2n) is 8.27. The lowest BCUT2D eigenvalue weighted by Gasteiger charge is -2.20. The Morgan fingerprint density at radius 3 is 2.59 bits per heavy atom. The molecule has 0 aliphatic rings. The van der Waals surface area contributed by atoms with Crippen LogP contribution >= 0.6 is 0 Å². The molecular weight excluding hydrogens is 370 g/mol. The van der Waals surface area contributed by atoms with Crippen molar-refractivity contribution in [3.8, 4) is 0 Å². The third-order valence-corrected chi connectivity index (χ3v) is 4.30. The minimum Gasteiger partial charge on any atom is -0.382 e. The molecule has 2 aromatic rings. The summed E-state index contributed by atoms with van der Waals surface area (Å²) in [5, 5.41) is 5.46. The molecule has 0 aliphatic carbocycles. The summed E-state index contributed by atoms with van der Waals surface area (Å²) < 4.78 is 1.90. The molecule has 9 nitrogen and oxygen atoms in total. The molecule has 2 rings (SSSR count). The van der Waals surface area contributed by atoms with Gasteiger partial charge in [0.1, 0.15) is 11.3 Å². The first kappa shape index (κ1) is 22.6. The van der Waals surface area contributed by atoms with Gasteiger partial charge in [0.25, 0.3) is 0 Å². The molecule has 4 N–H and O–H groups in total. The Hall–Kier alpha value is -2.71. The van der Waals surface area contributed by atoms with Crippen molar-refractivity contribution in [2.24, 2.45) is 0 Å². The molecule has 2 amide bonds. The highest BCUT2D eigenvalue weighted by Gasteiger charge is 2.15. The number of rotatable bonds is 10. The van der Waals surface area contributed by atoms with Gasteiger partial charge >= 0.3 is 0 Å². The maximum absolute atomic E-state index is 12.0. The van der Waals surface area contributed by atoms with Crippen molar-refractivity contribution in [2.45, 2.75) is 78.3 Å². The summed E-state index contributed by atoms with van der Waals surface area (Å²) in [6.07, 6.45) is 6.68. The first-order chi connectivity index (χ1) is 13.7. The van der Waals surface area contributed by atoms with Crippen LogP contribution in [0.1, 0.15) is 65.6 Å². The number of nitrogens with one attached hydrogen (secondary N) is 2. The summed E-state index contributed by atoms with van der Waals surface area (Å²) in [7, 11) is 0. The second kappa shape index (κ2) is 10.2. The fourth-order valence-corrected chi connectivity index (χ4v) is 2.96. The largest absolute Gasteiger partial charge is 0.382 e. The summed E-state index contributed by atoms with van der Waals surface area (Å²) >= 11 is 0. The molecule has 0 saturated heterocycles. The SMILES string of the molecule is CCCCCc1nc(N)c2ncn(CCCC(=O)NCC(=O)NC(C)(C)C)c2n1. The third kappa shape index (κ3) is 7.32. The maximum atomic E-state index is 12.0. The Labute approximate surface area is 171 Å². The number of imidazole rings is 1. The van der Waals surface area contributed by atoms with Gasteiger partial charge in [-0.25, -0.2) is 15.0 Å². The number of nitrogens with two attached hydrogens (primary N) is 1. The molecule has 160 valence electrons. The number of nitrogens with zero attached hydrogens (tertiary/aromatic N) is 4. The van der Waals surface area contributed by atoms with Crippen LogP contribution in [0.2, 0.25) is 0 Å². The predicted octanol–water partition coefficient (Wildman–Crippen LogP) is 1.95. The Bertz CT molecular complexity index is 839. The van der Waals surface area contributed by atoms with Gasteiger partial charge in [-0.2, -0.15) is 0 Å². The average molecular weight is 404 g/mol. The molecule has 0 atom stereocenters. The number of fused-ring (bicyclic) bond motifs is 1. The highest BCUT2D eigenvalue weighted by Crippen LogP contribution is 2.17. The Balaban J connectivity index is 1.87. The monoisotopic (exact) mass is 403 g/mol. The number of anilines is 1. The van der Waals surface area contributed by atoms with Crippen LogP contribution in [-0.4, -0.2) is 43.4 Å². The van der Waals surface area contributed by atoms with Gasteiger partial charge in [0.2, 0.25) is 11.8 Å². The second-order valence-corrected chi connectivity index (χ2v) is 8.27. The quantitative estimate of drug-likeness (QED) is 0.520.